The molecule has 21 heavy (non-hydrogen) atoms. The number of para-hydroxylation sites is 1. The zero-order valence-electron chi connectivity index (χ0n) is 13.1. The number of nitrogens with two attached hydrogens (primary N) is 1. The van der Waals surface area contributed by atoms with E-state index in [1.54, 1.807) is 7.11 Å². The summed E-state index contributed by atoms with van der Waals surface area (Å²) in [5.74, 6) is 1.32. The zero-order valence-corrected chi connectivity index (χ0v) is 13.1. The molecule has 0 amide bonds. The average molecular weight is 291 g/mol. The van der Waals surface area contributed by atoms with Gasteiger partial charge in [0.25, 0.3) is 0 Å². The van der Waals surface area contributed by atoms with Gasteiger partial charge in [-0.15, -0.1) is 0 Å². The Morgan fingerprint density at radius 2 is 2.10 bits per heavy atom. The first-order valence-electron chi connectivity index (χ1n) is 7.61. The van der Waals surface area contributed by atoms with Crippen molar-refractivity contribution in [2.75, 3.05) is 26.1 Å². The molecule has 2 N–H and O–H groups in total. The number of fused-ring (bicyclic) bond motifs is 1. The summed E-state index contributed by atoms with van der Waals surface area (Å²) in [6, 6.07) is 6.17. The molecule has 0 spiro atoms. The summed E-state index contributed by atoms with van der Waals surface area (Å²) in [6.45, 7) is 5.56. The van der Waals surface area contributed by atoms with Crippen LogP contribution in [0, 0.1) is 0 Å². The van der Waals surface area contributed by atoms with Crippen molar-refractivity contribution in [1.82, 2.24) is 9.55 Å². The van der Waals surface area contributed by atoms with Crippen LogP contribution in [0.5, 0.6) is 5.75 Å². The Bertz CT molecular complexity index is 574. The fraction of sp³-hybridized carbons (Fsp3) is 0.562. The van der Waals surface area contributed by atoms with Gasteiger partial charge in [-0.2, -0.15) is 0 Å². The molecule has 0 saturated carbocycles. The number of imidazole rings is 1. The SMILES string of the molecule is CCCOc1cccc2c1nc(N)n2C(CCC)COC. The van der Waals surface area contributed by atoms with Crippen LogP contribution in [0.2, 0.25) is 0 Å². The molecule has 0 fully saturated rings. The van der Waals surface area contributed by atoms with Crippen LogP contribution in [-0.2, 0) is 4.74 Å². The Kier molecular flexibility index (Phi) is 5.44. The highest BCUT2D eigenvalue weighted by Gasteiger charge is 2.19. The van der Waals surface area contributed by atoms with E-state index in [2.05, 4.69) is 23.4 Å². The smallest absolute Gasteiger partial charge is 0.201 e. The van der Waals surface area contributed by atoms with Crippen LogP contribution < -0.4 is 10.5 Å². The van der Waals surface area contributed by atoms with E-state index in [9.17, 15) is 0 Å². The maximum absolute atomic E-state index is 6.15. The molecule has 5 heteroatoms. The molecule has 0 radical (unpaired) electrons. The number of ether oxygens (including phenoxy) is 2. The summed E-state index contributed by atoms with van der Waals surface area (Å²) in [5, 5.41) is 0. The Labute approximate surface area is 126 Å². The minimum Gasteiger partial charge on any atom is -0.491 e. The maximum Gasteiger partial charge on any atom is 0.201 e. The van der Waals surface area contributed by atoms with Gasteiger partial charge in [0.1, 0.15) is 11.3 Å². The van der Waals surface area contributed by atoms with E-state index < -0.39 is 0 Å². The van der Waals surface area contributed by atoms with Crippen molar-refractivity contribution in [3.63, 3.8) is 0 Å². The summed E-state index contributed by atoms with van der Waals surface area (Å²) in [4.78, 5) is 4.51. The van der Waals surface area contributed by atoms with Crippen LogP contribution in [0.25, 0.3) is 11.0 Å². The van der Waals surface area contributed by atoms with Gasteiger partial charge in [0.15, 0.2) is 0 Å². The van der Waals surface area contributed by atoms with Gasteiger partial charge < -0.3 is 19.8 Å². The molecule has 0 saturated heterocycles. The number of nitrogens with zero attached hydrogens (tertiary/aromatic N) is 2. The summed E-state index contributed by atoms with van der Waals surface area (Å²) in [7, 11) is 1.72. The van der Waals surface area contributed by atoms with Crippen LogP contribution >= 0.6 is 0 Å². The molecular weight excluding hydrogens is 266 g/mol. The van der Waals surface area contributed by atoms with Crippen molar-refractivity contribution < 1.29 is 9.47 Å². The number of rotatable bonds is 8. The number of nitrogen functional groups attached to an aromatic ring is 1. The largest absolute Gasteiger partial charge is 0.491 e. The highest BCUT2D eigenvalue weighted by atomic mass is 16.5. The Morgan fingerprint density at radius 3 is 2.76 bits per heavy atom. The normalized spacial score (nSPS) is 12.7. The first-order valence-corrected chi connectivity index (χ1v) is 7.61. The fourth-order valence-electron chi connectivity index (χ4n) is 2.63. The standard InChI is InChI=1S/C16H25N3O2/c1-4-7-12(11-20-3)19-13-8-6-9-14(21-10-5-2)15(13)18-16(19)17/h6,8-9,12H,4-5,7,10-11H2,1-3H3,(H2,17,18). The lowest BCUT2D eigenvalue weighted by Crippen LogP contribution is -2.16. The molecule has 1 heterocycles. The van der Waals surface area contributed by atoms with E-state index in [1.807, 2.05) is 18.2 Å². The number of hydrogen-bond donors (Lipinski definition) is 1. The predicted octanol–water partition coefficient (Wildman–Crippen LogP) is 3.39. The van der Waals surface area contributed by atoms with Crippen molar-refractivity contribution in [3.8, 4) is 5.75 Å². The summed E-state index contributed by atoms with van der Waals surface area (Å²) in [6.07, 6.45) is 3.04. The number of hydrogen-bond acceptors (Lipinski definition) is 4. The topological polar surface area (TPSA) is 62.3 Å². The zero-order chi connectivity index (χ0) is 15.2. The van der Waals surface area contributed by atoms with Gasteiger partial charge in [-0.25, -0.2) is 4.98 Å². The maximum atomic E-state index is 6.15. The molecule has 2 rings (SSSR count). The highest BCUT2D eigenvalue weighted by molar-refractivity contribution is 5.84. The van der Waals surface area contributed by atoms with E-state index in [1.165, 1.54) is 0 Å². The predicted molar refractivity (Wildman–Crippen MR) is 85.8 cm³/mol. The van der Waals surface area contributed by atoms with Crippen molar-refractivity contribution in [3.05, 3.63) is 18.2 Å². The molecule has 1 aromatic carbocycles. The van der Waals surface area contributed by atoms with Crippen LogP contribution in [0.3, 0.4) is 0 Å². The van der Waals surface area contributed by atoms with Crippen LogP contribution in [0.1, 0.15) is 39.2 Å². The second kappa shape index (κ2) is 7.31. The van der Waals surface area contributed by atoms with E-state index in [4.69, 9.17) is 15.2 Å². The second-order valence-electron chi connectivity index (χ2n) is 5.21. The number of anilines is 1. The third-order valence-corrected chi connectivity index (χ3v) is 3.52. The third-order valence-electron chi connectivity index (χ3n) is 3.52. The summed E-state index contributed by atoms with van der Waals surface area (Å²) < 4.78 is 13.2. The van der Waals surface area contributed by atoms with E-state index in [-0.39, 0.29) is 6.04 Å². The minimum atomic E-state index is 0.200. The fourth-order valence-corrected chi connectivity index (χ4v) is 2.63. The number of aromatic nitrogens is 2. The van der Waals surface area contributed by atoms with Crippen molar-refractivity contribution in [1.29, 1.82) is 0 Å². The molecule has 116 valence electrons. The summed E-state index contributed by atoms with van der Waals surface area (Å²) >= 11 is 0. The quantitative estimate of drug-likeness (QED) is 0.809. The van der Waals surface area contributed by atoms with Crippen molar-refractivity contribution in [2.45, 2.75) is 39.2 Å². The molecule has 0 bridgehead atoms. The van der Waals surface area contributed by atoms with Crippen LogP contribution in [0.15, 0.2) is 18.2 Å². The van der Waals surface area contributed by atoms with Gasteiger partial charge in [-0.3, -0.25) is 0 Å². The molecular formula is C16H25N3O2. The molecule has 5 nitrogen and oxygen atoms in total. The van der Waals surface area contributed by atoms with Gasteiger partial charge in [-0.1, -0.05) is 26.3 Å². The lowest BCUT2D eigenvalue weighted by molar-refractivity contribution is 0.153. The first kappa shape index (κ1) is 15.6. The van der Waals surface area contributed by atoms with Gasteiger partial charge in [0.2, 0.25) is 5.95 Å². The monoisotopic (exact) mass is 291 g/mol. The highest BCUT2D eigenvalue weighted by Crippen LogP contribution is 2.31. The average Bonchev–Trinajstić information content (AvgIpc) is 2.81. The van der Waals surface area contributed by atoms with Crippen molar-refractivity contribution >= 4 is 17.0 Å². The van der Waals surface area contributed by atoms with Crippen LogP contribution in [0.4, 0.5) is 5.95 Å². The number of methoxy groups -OCH3 is 1. The molecule has 1 atom stereocenters. The Hall–Kier alpha value is -1.75. The molecule has 2 aromatic rings. The van der Waals surface area contributed by atoms with Gasteiger partial charge in [0, 0.05) is 7.11 Å². The molecule has 1 unspecified atom stereocenters. The third kappa shape index (κ3) is 3.29. The molecule has 0 aliphatic rings. The van der Waals surface area contributed by atoms with Crippen molar-refractivity contribution in [2.24, 2.45) is 0 Å². The lowest BCUT2D eigenvalue weighted by atomic mass is 10.1. The lowest BCUT2D eigenvalue weighted by Gasteiger charge is -2.19. The second-order valence-corrected chi connectivity index (χ2v) is 5.21. The van der Waals surface area contributed by atoms with Gasteiger partial charge >= 0.3 is 0 Å². The molecule has 0 aliphatic heterocycles. The first-order chi connectivity index (χ1) is 10.2. The number of benzene rings is 1. The van der Waals surface area contributed by atoms with Crippen LogP contribution in [-0.4, -0.2) is 29.9 Å². The van der Waals surface area contributed by atoms with E-state index in [0.717, 1.165) is 36.0 Å². The summed E-state index contributed by atoms with van der Waals surface area (Å²) in [5.41, 5.74) is 8.00. The van der Waals surface area contributed by atoms with E-state index in [0.29, 0.717) is 19.2 Å². The van der Waals surface area contributed by atoms with Gasteiger partial charge in [-0.05, 0) is 25.0 Å². The Balaban J connectivity index is 2.46. The van der Waals surface area contributed by atoms with E-state index >= 15 is 0 Å². The van der Waals surface area contributed by atoms with Gasteiger partial charge in [0.05, 0.1) is 24.8 Å². The molecule has 1 aromatic heterocycles. The minimum absolute atomic E-state index is 0.200. The molecule has 0 aliphatic carbocycles. The Morgan fingerprint density at radius 1 is 1.29 bits per heavy atom.